The van der Waals surface area contributed by atoms with E-state index in [1.807, 2.05) is 0 Å². The lowest BCUT2D eigenvalue weighted by Gasteiger charge is -2.21. The van der Waals surface area contributed by atoms with Crippen molar-refractivity contribution >= 4 is 21.6 Å². The fraction of sp³-hybridized carbons (Fsp3) is 0.357. The van der Waals surface area contributed by atoms with Gasteiger partial charge in [0.25, 0.3) is 0 Å². The maximum Gasteiger partial charge on any atom is 0.249 e. The van der Waals surface area contributed by atoms with Gasteiger partial charge >= 0.3 is 0 Å². The molecule has 0 fully saturated rings. The van der Waals surface area contributed by atoms with Crippen LogP contribution in [0.5, 0.6) is 0 Å². The van der Waals surface area contributed by atoms with Crippen molar-refractivity contribution in [3.05, 3.63) is 35.9 Å². The second-order valence-electron chi connectivity index (χ2n) is 4.84. The summed E-state index contributed by atoms with van der Waals surface area (Å²) in [5, 5.41) is 2.20. The van der Waals surface area contributed by atoms with Crippen LogP contribution in [0.4, 0.5) is 14.5 Å². The number of likely N-dealkylation sites (N-methyl/N-ethyl adjacent to an activating group) is 1. The molecule has 0 spiro atoms. The van der Waals surface area contributed by atoms with Crippen molar-refractivity contribution in [3.63, 3.8) is 0 Å². The van der Waals surface area contributed by atoms with Gasteiger partial charge in [0.15, 0.2) is 4.90 Å². The molecule has 0 saturated heterocycles. The number of hydrogen-bond donors (Lipinski definition) is 1. The molecule has 0 aliphatic carbocycles. The Balaban J connectivity index is 3.36. The average Bonchev–Trinajstić information content (AvgIpc) is 2.33. The van der Waals surface area contributed by atoms with E-state index in [-0.39, 0.29) is 18.8 Å². The molecule has 5 nitrogen and oxygen atoms in total. The first-order valence-electron chi connectivity index (χ1n) is 6.50. The van der Waals surface area contributed by atoms with E-state index in [0.29, 0.717) is 5.57 Å². The van der Waals surface area contributed by atoms with Gasteiger partial charge in [-0.3, -0.25) is 4.79 Å². The summed E-state index contributed by atoms with van der Waals surface area (Å²) in [7, 11) is -4.34. The molecule has 0 radical (unpaired) electrons. The van der Waals surface area contributed by atoms with Crippen LogP contribution in [0.1, 0.15) is 20.8 Å². The number of anilines is 1. The quantitative estimate of drug-likeness (QED) is 0.814. The summed E-state index contributed by atoms with van der Waals surface area (Å²) in [4.78, 5) is 9.86. The third-order valence-electron chi connectivity index (χ3n) is 2.72. The van der Waals surface area contributed by atoms with Crippen molar-refractivity contribution in [1.29, 1.82) is 0 Å². The zero-order chi connectivity index (χ0) is 17.1. The topological polar surface area (TPSA) is 66.5 Å². The van der Waals surface area contributed by atoms with Crippen LogP contribution in [0.15, 0.2) is 29.2 Å². The molecule has 1 N–H and O–H groups in total. The number of benzene rings is 1. The molecule has 0 aliphatic heterocycles. The Kier molecular flexibility index (Phi) is 5.78. The van der Waals surface area contributed by atoms with Crippen LogP contribution in [0.25, 0.3) is 0 Å². The molecular formula is C14H18F2N2O3S. The third-order valence-corrected chi connectivity index (χ3v) is 4.69. The van der Waals surface area contributed by atoms with E-state index < -0.39 is 32.5 Å². The van der Waals surface area contributed by atoms with Crippen molar-refractivity contribution in [2.45, 2.75) is 25.7 Å². The van der Waals surface area contributed by atoms with E-state index in [4.69, 9.17) is 0 Å². The summed E-state index contributed by atoms with van der Waals surface area (Å²) >= 11 is 0. The van der Waals surface area contributed by atoms with Crippen LogP contribution in [-0.2, 0) is 14.8 Å². The molecule has 0 aliphatic rings. The molecule has 8 heteroatoms. The third kappa shape index (κ3) is 4.11. The van der Waals surface area contributed by atoms with Gasteiger partial charge in [0.05, 0.1) is 0 Å². The minimum atomic E-state index is -4.34. The zero-order valence-corrected chi connectivity index (χ0v) is 13.4. The lowest BCUT2D eigenvalue weighted by molar-refractivity contribution is -0.114. The molecule has 1 aromatic carbocycles. The monoisotopic (exact) mass is 332 g/mol. The molecule has 0 atom stereocenters. The first-order valence-corrected chi connectivity index (χ1v) is 7.94. The predicted molar refractivity (Wildman–Crippen MR) is 79.9 cm³/mol. The van der Waals surface area contributed by atoms with Crippen LogP contribution in [-0.4, -0.2) is 31.7 Å². The lowest BCUT2D eigenvalue weighted by Crippen LogP contribution is -2.33. The number of halogens is 2. The van der Waals surface area contributed by atoms with E-state index in [1.54, 1.807) is 13.8 Å². The largest absolute Gasteiger partial charge is 0.326 e. The average molecular weight is 332 g/mol. The zero-order valence-electron chi connectivity index (χ0n) is 12.6. The first-order chi connectivity index (χ1) is 10.1. The van der Waals surface area contributed by atoms with Gasteiger partial charge in [-0.1, -0.05) is 19.1 Å². The molecule has 122 valence electrons. The molecular weight excluding hydrogens is 314 g/mol. The van der Waals surface area contributed by atoms with E-state index in [2.05, 4.69) is 11.9 Å². The van der Waals surface area contributed by atoms with E-state index >= 15 is 0 Å². The Labute approximate surface area is 128 Å². The van der Waals surface area contributed by atoms with Crippen molar-refractivity contribution in [3.8, 4) is 0 Å². The summed E-state index contributed by atoms with van der Waals surface area (Å²) in [6, 6.07) is 1.54. The summed E-state index contributed by atoms with van der Waals surface area (Å²) in [6.07, 6.45) is 0. The van der Waals surface area contributed by atoms with Crippen molar-refractivity contribution in [2.24, 2.45) is 0 Å². The molecule has 0 bridgehead atoms. The summed E-state index contributed by atoms with van der Waals surface area (Å²) < 4.78 is 53.9. The SMILES string of the molecule is C=C(C)CN(CC)S(=O)(=O)c1c(F)cc(NC(C)=O)cc1F. The highest BCUT2D eigenvalue weighted by molar-refractivity contribution is 7.89. The fourth-order valence-corrected chi connectivity index (χ4v) is 3.48. The number of nitrogens with zero attached hydrogens (tertiary/aromatic N) is 1. The smallest absolute Gasteiger partial charge is 0.249 e. The van der Waals surface area contributed by atoms with Gasteiger partial charge in [0.2, 0.25) is 15.9 Å². The second-order valence-corrected chi connectivity index (χ2v) is 6.71. The van der Waals surface area contributed by atoms with Crippen molar-refractivity contribution in [1.82, 2.24) is 4.31 Å². The molecule has 1 aromatic rings. The van der Waals surface area contributed by atoms with Crippen LogP contribution in [0.2, 0.25) is 0 Å². The predicted octanol–water partition coefficient (Wildman–Crippen LogP) is 2.51. The number of amides is 1. The summed E-state index contributed by atoms with van der Waals surface area (Å²) in [5.41, 5.74) is 0.394. The Morgan fingerprint density at radius 2 is 1.77 bits per heavy atom. The molecule has 1 rings (SSSR count). The highest BCUT2D eigenvalue weighted by Gasteiger charge is 2.30. The lowest BCUT2D eigenvalue weighted by atomic mass is 10.3. The van der Waals surface area contributed by atoms with Crippen LogP contribution in [0.3, 0.4) is 0 Å². The fourth-order valence-electron chi connectivity index (χ4n) is 1.88. The Hall–Kier alpha value is -1.80. The molecule has 0 saturated carbocycles. The standard InChI is InChI=1S/C14H18F2N2O3S/c1-5-18(8-9(2)3)22(20,21)14-12(15)6-11(7-13(14)16)17-10(4)19/h6-7H,2,5,8H2,1,3-4H3,(H,17,19). The van der Waals surface area contributed by atoms with Crippen LogP contribution >= 0.6 is 0 Å². The van der Waals surface area contributed by atoms with E-state index in [0.717, 1.165) is 16.4 Å². The van der Waals surface area contributed by atoms with Crippen molar-refractivity contribution in [2.75, 3.05) is 18.4 Å². The molecule has 1 amide bonds. The summed E-state index contributed by atoms with van der Waals surface area (Å²) in [6.45, 7) is 7.95. The molecule has 0 aromatic heterocycles. The molecule has 0 unspecified atom stereocenters. The number of sulfonamides is 1. The Morgan fingerprint density at radius 3 is 2.14 bits per heavy atom. The minimum Gasteiger partial charge on any atom is -0.326 e. The van der Waals surface area contributed by atoms with E-state index in [1.165, 1.54) is 6.92 Å². The molecule has 0 heterocycles. The first kappa shape index (κ1) is 18.2. The normalized spacial score (nSPS) is 11.5. The van der Waals surface area contributed by atoms with E-state index in [9.17, 15) is 22.0 Å². The number of nitrogens with one attached hydrogen (secondary N) is 1. The number of carbonyl (C=O) groups is 1. The van der Waals surface area contributed by atoms with Crippen molar-refractivity contribution < 1.29 is 22.0 Å². The minimum absolute atomic E-state index is 0.0365. The van der Waals surface area contributed by atoms with Gasteiger partial charge in [-0.25, -0.2) is 17.2 Å². The highest BCUT2D eigenvalue weighted by atomic mass is 32.2. The maximum atomic E-state index is 14.1. The Morgan fingerprint density at radius 1 is 1.27 bits per heavy atom. The van der Waals surface area contributed by atoms with Crippen LogP contribution in [0, 0.1) is 11.6 Å². The van der Waals surface area contributed by atoms with Crippen LogP contribution < -0.4 is 5.32 Å². The molecule has 22 heavy (non-hydrogen) atoms. The second kappa shape index (κ2) is 6.97. The van der Waals surface area contributed by atoms with Gasteiger partial charge in [-0.2, -0.15) is 4.31 Å². The number of hydrogen-bond acceptors (Lipinski definition) is 3. The number of carbonyl (C=O) groups excluding carboxylic acids is 1. The number of rotatable bonds is 6. The van der Waals surface area contributed by atoms with Gasteiger partial charge in [-0.15, -0.1) is 0 Å². The summed E-state index contributed by atoms with van der Waals surface area (Å²) in [5.74, 6) is -3.04. The maximum absolute atomic E-state index is 14.1. The van der Waals surface area contributed by atoms with Gasteiger partial charge in [0, 0.05) is 25.7 Å². The van der Waals surface area contributed by atoms with Gasteiger partial charge < -0.3 is 5.32 Å². The van der Waals surface area contributed by atoms with Gasteiger partial charge in [-0.05, 0) is 19.1 Å². The van der Waals surface area contributed by atoms with Gasteiger partial charge in [0.1, 0.15) is 11.6 Å². The highest BCUT2D eigenvalue weighted by Crippen LogP contribution is 2.26. The Bertz CT molecular complexity index is 679.